The second kappa shape index (κ2) is 8.73. The number of ether oxygens (including phenoxy) is 2. The monoisotopic (exact) mass is 384 g/mol. The predicted octanol–water partition coefficient (Wildman–Crippen LogP) is 4.51. The zero-order valence-electron chi connectivity index (χ0n) is 15.3. The first-order chi connectivity index (χ1) is 13.1. The first-order valence-corrected chi connectivity index (χ1v) is 9.40. The first kappa shape index (κ1) is 19.0. The van der Waals surface area contributed by atoms with Crippen LogP contribution in [0.5, 0.6) is 11.5 Å². The molecule has 1 atom stereocenters. The second-order valence-corrected chi connectivity index (χ2v) is 6.98. The summed E-state index contributed by atoms with van der Waals surface area (Å²) in [6.07, 6.45) is 0. The summed E-state index contributed by atoms with van der Waals surface area (Å²) >= 11 is 1.24. The normalized spacial score (nSPS) is 11.8. The highest BCUT2D eigenvalue weighted by Crippen LogP contribution is 2.28. The third-order valence-corrected chi connectivity index (χ3v) is 4.77. The van der Waals surface area contributed by atoms with Crippen LogP contribution in [0.1, 0.15) is 24.2 Å². The smallest absolute Gasteiger partial charge is 0.277 e. The summed E-state index contributed by atoms with van der Waals surface area (Å²) in [5, 5.41) is 8.10. The van der Waals surface area contributed by atoms with E-state index in [2.05, 4.69) is 10.2 Å². The summed E-state index contributed by atoms with van der Waals surface area (Å²) in [6.45, 7) is 4.36. The van der Waals surface area contributed by atoms with Crippen molar-refractivity contribution in [1.82, 2.24) is 10.2 Å². The van der Waals surface area contributed by atoms with E-state index >= 15 is 0 Å². The fourth-order valence-electron chi connectivity index (χ4n) is 2.43. The molecule has 1 heterocycles. The van der Waals surface area contributed by atoms with Crippen molar-refractivity contribution in [2.75, 3.05) is 13.7 Å². The summed E-state index contributed by atoms with van der Waals surface area (Å²) in [4.78, 5) is 12.6. The molecule has 0 N–H and O–H groups in total. The third-order valence-electron chi connectivity index (χ3n) is 3.84. The number of carbonyl (C=O) groups excluding carboxylic acids is 1. The molecule has 0 aliphatic rings. The summed E-state index contributed by atoms with van der Waals surface area (Å²) in [6, 6.07) is 14.5. The topological polar surface area (TPSA) is 74.5 Å². The lowest BCUT2D eigenvalue weighted by Gasteiger charge is -2.08. The van der Waals surface area contributed by atoms with Crippen molar-refractivity contribution < 1.29 is 18.7 Å². The van der Waals surface area contributed by atoms with Gasteiger partial charge in [0.2, 0.25) is 5.89 Å². The number of thioether (sulfide) groups is 1. The van der Waals surface area contributed by atoms with Gasteiger partial charge in [-0.25, -0.2) is 0 Å². The molecule has 7 heteroatoms. The number of hydrogen-bond donors (Lipinski definition) is 0. The van der Waals surface area contributed by atoms with Gasteiger partial charge in [-0.3, -0.25) is 4.79 Å². The molecule has 2 aromatic carbocycles. The molecule has 0 spiro atoms. The SMILES string of the molecule is CCOc1ccc(-c2nnc(S[C@@H](C)C(=O)c3ccc(OC)cc3)o2)cc1. The fraction of sp³-hybridized carbons (Fsp3) is 0.250. The Balaban J connectivity index is 1.66. The molecule has 0 amide bonds. The van der Waals surface area contributed by atoms with Crippen LogP contribution in [0.4, 0.5) is 0 Å². The standard InChI is InChI=1S/C20H20N2O4S/c1-4-25-17-11-7-15(8-12-17)19-21-22-20(26-19)27-13(2)18(23)14-5-9-16(24-3)10-6-14/h5-13H,4H2,1-3H3/t13-/m0/s1. The molecule has 0 saturated carbocycles. The average Bonchev–Trinajstić information content (AvgIpc) is 3.16. The maximum Gasteiger partial charge on any atom is 0.277 e. The number of nitrogens with zero attached hydrogens (tertiary/aromatic N) is 2. The van der Waals surface area contributed by atoms with E-state index in [1.54, 1.807) is 31.4 Å². The molecule has 140 valence electrons. The number of carbonyl (C=O) groups is 1. The molecular weight excluding hydrogens is 364 g/mol. The van der Waals surface area contributed by atoms with Crippen molar-refractivity contribution in [2.45, 2.75) is 24.3 Å². The van der Waals surface area contributed by atoms with Gasteiger partial charge in [0.15, 0.2) is 5.78 Å². The summed E-state index contributed by atoms with van der Waals surface area (Å²) in [5.41, 5.74) is 1.41. The van der Waals surface area contributed by atoms with E-state index in [0.717, 1.165) is 11.3 Å². The number of methoxy groups -OCH3 is 1. The van der Waals surface area contributed by atoms with Crippen molar-refractivity contribution >= 4 is 17.5 Å². The summed E-state index contributed by atoms with van der Waals surface area (Å²) < 4.78 is 16.2. The van der Waals surface area contributed by atoms with Gasteiger partial charge >= 0.3 is 0 Å². The van der Waals surface area contributed by atoms with Gasteiger partial charge in [-0.05, 0) is 62.4 Å². The Morgan fingerprint density at radius 2 is 1.74 bits per heavy atom. The molecule has 0 aliphatic carbocycles. The zero-order chi connectivity index (χ0) is 19.2. The van der Waals surface area contributed by atoms with Crippen molar-refractivity contribution in [3.8, 4) is 23.0 Å². The third kappa shape index (κ3) is 4.68. The van der Waals surface area contributed by atoms with Gasteiger partial charge in [-0.2, -0.15) is 0 Å². The number of rotatable bonds is 8. The molecule has 0 aliphatic heterocycles. The highest BCUT2D eigenvalue weighted by Gasteiger charge is 2.20. The molecule has 27 heavy (non-hydrogen) atoms. The molecule has 0 fully saturated rings. The molecule has 0 radical (unpaired) electrons. The fourth-order valence-corrected chi connectivity index (χ4v) is 3.19. The second-order valence-electron chi connectivity index (χ2n) is 5.68. The number of ketones is 1. The van der Waals surface area contributed by atoms with E-state index in [1.807, 2.05) is 38.1 Å². The van der Waals surface area contributed by atoms with Crippen LogP contribution < -0.4 is 9.47 Å². The van der Waals surface area contributed by atoms with Crippen LogP contribution in [0.2, 0.25) is 0 Å². The molecule has 0 saturated heterocycles. The predicted molar refractivity (Wildman–Crippen MR) is 104 cm³/mol. The Morgan fingerprint density at radius 1 is 1.07 bits per heavy atom. The Morgan fingerprint density at radius 3 is 2.37 bits per heavy atom. The van der Waals surface area contributed by atoms with Crippen LogP contribution in [0.3, 0.4) is 0 Å². The molecular formula is C20H20N2O4S. The molecule has 1 aromatic heterocycles. The lowest BCUT2D eigenvalue weighted by molar-refractivity contribution is 0.0993. The first-order valence-electron chi connectivity index (χ1n) is 8.52. The average molecular weight is 384 g/mol. The molecule has 6 nitrogen and oxygen atoms in total. The van der Waals surface area contributed by atoms with Crippen LogP contribution in [0, 0.1) is 0 Å². The number of hydrogen-bond acceptors (Lipinski definition) is 7. The lowest BCUT2D eigenvalue weighted by atomic mass is 10.1. The van der Waals surface area contributed by atoms with Gasteiger partial charge in [-0.1, -0.05) is 11.8 Å². The number of Topliss-reactive ketones (excluding diaryl/α,β-unsaturated/α-hetero) is 1. The van der Waals surface area contributed by atoms with Crippen LogP contribution in [-0.2, 0) is 0 Å². The minimum Gasteiger partial charge on any atom is -0.497 e. The van der Waals surface area contributed by atoms with Crippen LogP contribution in [0.25, 0.3) is 11.5 Å². The lowest BCUT2D eigenvalue weighted by Crippen LogP contribution is -2.13. The van der Waals surface area contributed by atoms with Gasteiger partial charge in [0, 0.05) is 11.1 Å². The maximum atomic E-state index is 12.6. The zero-order valence-corrected chi connectivity index (χ0v) is 16.2. The Labute approximate surface area is 161 Å². The van der Waals surface area contributed by atoms with E-state index in [9.17, 15) is 4.79 Å². The van der Waals surface area contributed by atoms with E-state index in [1.165, 1.54) is 11.8 Å². The number of aromatic nitrogens is 2. The quantitative estimate of drug-likeness (QED) is 0.418. The van der Waals surface area contributed by atoms with Crippen molar-refractivity contribution in [3.05, 3.63) is 54.1 Å². The highest BCUT2D eigenvalue weighted by atomic mass is 32.2. The van der Waals surface area contributed by atoms with Gasteiger partial charge in [0.1, 0.15) is 11.5 Å². The molecule has 0 bridgehead atoms. The van der Waals surface area contributed by atoms with Gasteiger partial charge in [0.25, 0.3) is 5.22 Å². The van der Waals surface area contributed by atoms with E-state index in [-0.39, 0.29) is 11.0 Å². The Kier molecular flexibility index (Phi) is 6.13. The van der Waals surface area contributed by atoms with E-state index in [0.29, 0.717) is 29.0 Å². The Bertz CT molecular complexity index is 891. The van der Waals surface area contributed by atoms with Crippen molar-refractivity contribution in [3.63, 3.8) is 0 Å². The van der Waals surface area contributed by atoms with Crippen LogP contribution in [-0.4, -0.2) is 34.9 Å². The minimum atomic E-state index is -0.355. The molecule has 3 rings (SSSR count). The largest absolute Gasteiger partial charge is 0.497 e. The van der Waals surface area contributed by atoms with Gasteiger partial charge < -0.3 is 13.9 Å². The van der Waals surface area contributed by atoms with E-state index in [4.69, 9.17) is 13.9 Å². The molecule has 3 aromatic rings. The van der Waals surface area contributed by atoms with Crippen LogP contribution >= 0.6 is 11.8 Å². The highest BCUT2D eigenvalue weighted by molar-refractivity contribution is 8.00. The Hall–Kier alpha value is -2.80. The summed E-state index contributed by atoms with van der Waals surface area (Å²) in [5.74, 6) is 1.89. The van der Waals surface area contributed by atoms with Crippen molar-refractivity contribution in [1.29, 1.82) is 0 Å². The number of benzene rings is 2. The van der Waals surface area contributed by atoms with Gasteiger partial charge in [0.05, 0.1) is 19.0 Å². The summed E-state index contributed by atoms with van der Waals surface area (Å²) in [7, 11) is 1.59. The minimum absolute atomic E-state index is 0.0107. The molecule has 0 unspecified atom stereocenters. The maximum absolute atomic E-state index is 12.6. The van der Waals surface area contributed by atoms with E-state index < -0.39 is 0 Å². The van der Waals surface area contributed by atoms with Crippen molar-refractivity contribution in [2.24, 2.45) is 0 Å². The van der Waals surface area contributed by atoms with Gasteiger partial charge in [-0.15, -0.1) is 10.2 Å². The van der Waals surface area contributed by atoms with Crippen LogP contribution in [0.15, 0.2) is 58.2 Å².